The van der Waals surface area contributed by atoms with Crippen LogP contribution >= 0.6 is 0 Å². The van der Waals surface area contributed by atoms with Gasteiger partial charge in [-0.05, 0) is 18.9 Å². The average Bonchev–Trinajstić information content (AvgIpc) is 2.78. The van der Waals surface area contributed by atoms with E-state index in [2.05, 4.69) is 14.9 Å². The second-order valence-electron chi connectivity index (χ2n) is 4.09. The molecule has 0 saturated carbocycles. The van der Waals surface area contributed by atoms with Gasteiger partial charge in [-0.3, -0.25) is 14.7 Å². The third-order valence-corrected chi connectivity index (χ3v) is 2.84. The molecule has 1 aromatic heterocycles. The van der Waals surface area contributed by atoms with Gasteiger partial charge in [0, 0.05) is 25.5 Å². The zero-order chi connectivity index (χ0) is 11.4. The third kappa shape index (κ3) is 2.62. The Kier molecular flexibility index (Phi) is 3.58. The summed E-state index contributed by atoms with van der Waals surface area (Å²) in [4.78, 5) is 21.7. The van der Waals surface area contributed by atoms with Crippen LogP contribution < -0.4 is 0 Å². The molecule has 0 radical (unpaired) electrons. The number of likely N-dealkylation sites (tertiary alicyclic amines) is 1. The van der Waals surface area contributed by atoms with E-state index in [1.165, 1.54) is 12.4 Å². The number of Topliss-reactive ketones (excluding diaryl/α,β-unsaturated/α-hetero) is 1. The smallest absolute Gasteiger partial charge is 0.196 e. The van der Waals surface area contributed by atoms with Crippen LogP contribution in [-0.2, 0) is 0 Å². The van der Waals surface area contributed by atoms with E-state index in [0.717, 1.165) is 19.5 Å². The quantitative estimate of drug-likeness (QED) is 0.723. The van der Waals surface area contributed by atoms with E-state index in [9.17, 15) is 4.79 Å². The summed E-state index contributed by atoms with van der Waals surface area (Å²) in [5, 5.41) is 9.00. The van der Waals surface area contributed by atoms with Crippen molar-refractivity contribution < 1.29 is 9.90 Å². The summed E-state index contributed by atoms with van der Waals surface area (Å²) >= 11 is 0. The molecule has 1 aliphatic rings. The van der Waals surface area contributed by atoms with Crippen molar-refractivity contribution in [1.82, 2.24) is 14.9 Å². The summed E-state index contributed by atoms with van der Waals surface area (Å²) in [5.74, 6) is 0.307. The molecule has 0 bridgehead atoms. The molecule has 1 saturated heterocycles. The molecule has 86 valence electrons. The first-order chi connectivity index (χ1) is 7.79. The van der Waals surface area contributed by atoms with Crippen LogP contribution in [0.4, 0.5) is 0 Å². The van der Waals surface area contributed by atoms with Crippen molar-refractivity contribution in [1.29, 1.82) is 0 Å². The molecule has 1 atom stereocenters. The first-order valence-electron chi connectivity index (χ1n) is 5.42. The number of hydrogen-bond acceptors (Lipinski definition) is 5. The predicted molar refractivity (Wildman–Crippen MR) is 58.0 cm³/mol. The lowest BCUT2D eigenvalue weighted by Crippen LogP contribution is -2.28. The molecule has 1 aromatic rings. The van der Waals surface area contributed by atoms with Crippen molar-refractivity contribution in [2.75, 3.05) is 26.2 Å². The standard InChI is InChI=1S/C11H15N3O2/c15-8-9-1-4-14(6-9)7-11(16)10-5-12-2-3-13-10/h2-3,5,9,15H,1,4,6-8H2. The number of rotatable bonds is 4. The number of aromatic nitrogens is 2. The van der Waals surface area contributed by atoms with Gasteiger partial charge in [0.25, 0.3) is 0 Å². The lowest BCUT2D eigenvalue weighted by Gasteiger charge is -2.13. The highest BCUT2D eigenvalue weighted by atomic mass is 16.3. The summed E-state index contributed by atoms with van der Waals surface area (Å²) in [5.41, 5.74) is 0.412. The van der Waals surface area contributed by atoms with Gasteiger partial charge >= 0.3 is 0 Å². The Balaban J connectivity index is 1.89. The summed E-state index contributed by atoms with van der Waals surface area (Å²) in [6.45, 7) is 2.24. The van der Waals surface area contributed by atoms with Crippen LogP contribution in [0.1, 0.15) is 16.9 Å². The second kappa shape index (κ2) is 5.14. The van der Waals surface area contributed by atoms with E-state index < -0.39 is 0 Å². The Labute approximate surface area is 94.1 Å². The molecule has 1 fully saturated rings. The number of carbonyl (C=O) groups excluding carboxylic acids is 1. The number of ketones is 1. The van der Waals surface area contributed by atoms with E-state index in [0.29, 0.717) is 18.2 Å². The largest absolute Gasteiger partial charge is 0.396 e. The summed E-state index contributed by atoms with van der Waals surface area (Å²) in [7, 11) is 0. The van der Waals surface area contributed by atoms with E-state index in [4.69, 9.17) is 5.11 Å². The van der Waals surface area contributed by atoms with Crippen LogP contribution in [0.5, 0.6) is 0 Å². The molecule has 16 heavy (non-hydrogen) atoms. The molecule has 1 unspecified atom stereocenters. The number of carbonyl (C=O) groups is 1. The molecule has 5 heteroatoms. The monoisotopic (exact) mass is 221 g/mol. The SMILES string of the molecule is O=C(CN1CCC(CO)C1)c1cnccn1. The maximum Gasteiger partial charge on any atom is 0.196 e. The Morgan fingerprint density at radius 3 is 3.06 bits per heavy atom. The molecule has 5 nitrogen and oxygen atoms in total. The fourth-order valence-corrected chi connectivity index (χ4v) is 1.93. The Bertz CT molecular complexity index is 356. The second-order valence-corrected chi connectivity index (χ2v) is 4.09. The van der Waals surface area contributed by atoms with Crippen LogP contribution in [0.15, 0.2) is 18.6 Å². The first kappa shape index (κ1) is 11.2. The molecular formula is C11H15N3O2. The minimum absolute atomic E-state index is 0.00769. The Morgan fingerprint density at radius 2 is 2.44 bits per heavy atom. The van der Waals surface area contributed by atoms with Crippen molar-refractivity contribution >= 4 is 5.78 Å². The van der Waals surface area contributed by atoms with Crippen molar-refractivity contribution in [3.05, 3.63) is 24.3 Å². The number of hydrogen-bond donors (Lipinski definition) is 1. The molecule has 0 aromatic carbocycles. The van der Waals surface area contributed by atoms with Gasteiger partial charge in [-0.15, -0.1) is 0 Å². The molecule has 1 aliphatic heterocycles. The van der Waals surface area contributed by atoms with Crippen LogP contribution in [0.2, 0.25) is 0 Å². The first-order valence-corrected chi connectivity index (χ1v) is 5.42. The van der Waals surface area contributed by atoms with E-state index >= 15 is 0 Å². The Morgan fingerprint density at radius 1 is 1.56 bits per heavy atom. The average molecular weight is 221 g/mol. The summed E-state index contributed by atoms with van der Waals surface area (Å²) in [6, 6.07) is 0. The molecule has 1 N–H and O–H groups in total. The van der Waals surface area contributed by atoms with E-state index in [1.807, 2.05) is 0 Å². The zero-order valence-electron chi connectivity index (χ0n) is 9.04. The minimum atomic E-state index is -0.00769. The van der Waals surface area contributed by atoms with Gasteiger partial charge in [0.05, 0.1) is 12.7 Å². The fraction of sp³-hybridized carbons (Fsp3) is 0.545. The maximum atomic E-state index is 11.8. The van der Waals surface area contributed by atoms with Gasteiger partial charge in [-0.25, -0.2) is 4.98 Å². The molecule has 0 amide bonds. The topological polar surface area (TPSA) is 66.3 Å². The maximum absolute atomic E-state index is 11.8. The van der Waals surface area contributed by atoms with Crippen molar-refractivity contribution in [3.63, 3.8) is 0 Å². The highest BCUT2D eigenvalue weighted by Crippen LogP contribution is 2.15. The molecule has 2 heterocycles. The van der Waals surface area contributed by atoms with Gasteiger partial charge in [-0.2, -0.15) is 0 Å². The summed E-state index contributed by atoms with van der Waals surface area (Å²) < 4.78 is 0. The highest BCUT2D eigenvalue weighted by Gasteiger charge is 2.23. The number of aliphatic hydroxyl groups excluding tert-OH is 1. The number of aliphatic hydroxyl groups is 1. The van der Waals surface area contributed by atoms with Gasteiger partial charge in [0.15, 0.2) is 5.78 Å². The normalized spacial score (nSPS) is 21.2. The molecule has 0 spiro atoms. The lowest BCUT2D eigenvalue weighted by molar-refractivity contribution is 0.0935. The molecular weight excluding hydrogens is 206 g/mol. The van der Waals surface area contributed by atoms with Gasteiger partial charge in [0.2, 0.25) is 0 Å². The lowest BCUT2D eigenvalue weighted by atomic mass is 10.1. The van der Waals surface area contributed by atoms with Crippen molar-refractivity contribution in [2.45, 2.75) is 6.42 Å². The van der Waals surface area contributed by atoms with E-state index in [1.54, 1.807) is 6.20 Å². The van der Waals surface area contributed by atoms with Crippen molar-refractivity contribution in [3.8, 4) is 0 Å². The van der Waals surface area contributed by atoms with E-state index in [-0.39, 0.29) is 12.4 Å². The van der Waals surface area contributed by atoms with Crippen LogP contribution in [0.3, 0.4) is 0 Å². The predicted octanol–water partition coefficient (Wildman–Crippen LogP) is -0.0265. The van der Waals surface area contributed by atoms with Crippen LogP contribution in [0, 0.1) is 5.92 Å². The van der Waals surface area contributed by atoms with Crippen molar-refractivity contribution in [2.24, 2.45) is 5.92 Å². The highest BCUT2D eigenvalue weighted by molar-refractivity contribution is 5.95. The zero-order valence-corrected chi connectivity index (χ0v) is 9.04. The van der Waals surface area contributed by atoms with Crippen LogP contribution in [-0.4, -0.2) is 52.0 Å². The number of nitrogens with zero attached hydrogens (tertiary/aromatic N) is 3. The molecule has 0 aliphatic carbocycles. The third-order valence-electron chi connectivity index (χ3n) is 2.84. The fourth-order valence-electron chi connectivity index (χ4n) is 1.93. The van der Waals surface area contributed by atoms with Gasteiger partial charge < -0.3 is 5.11 Å². The van der Waals surface area contributed by atoms with Gasteiger partial charge in [0.1, 0.15) is 5.69 Å². The van der Waals surface area contributed by atoms with Crippen LogP contribution in [0.25, 0.3) is 0 Å². The summed E-state index contributed by atoms with van der Waals surface area (Å²) in [6.07, 6.45) is 5.52. The van der Waals surface area contributed by atoms with Gasteiger partial charge in [-0.1, -0.05) is 0 Å². The Hall–Kier alpha value is -1.33. The minimum Gasteiger partial charge on any atom is -0.396 e. The molecule has 2 rings (SSSR count).